The fourth-order valence-electron chi connectivity index (χ4n) is 3.79. The third-order valence-corrected chi connectivity index (χ3v) is 5.14. The van der Waals surface area contributed by atoms with E-state index in [9.17, 15) is 4.79 Å². The zero-order valence-electron chi connectivity index (χ0n) is 15.6. The average molecular weight is 349 g/mol. The fraction of sp³-hybridized carbons (Fsp3) is 0.350. The Morgan fingerprint density at radius 2 is 2.00 bits per heavy atom. The summed E-state index contributed by atoms with van der Waals surface area (Å²) >= 11 is 0. The van der Waals surface area contributed by atoms with Gasteiger partial charge in [-0.2, -0.15) is 5.10 Å². The largest absolute Gasteiger partial charge is 0.372 e. The molecular weight excluding hydrogens is 326 g/mol. The van der Waals surface area contributed by atoms with E-state index in [-0.39, 0.29) is 11.9 Å². The van der Waals surface area contributed by atoms with Gasteiger partial charge in [-0.05, 0) is 31.5 Å². The molecular formula is C20H23N5O. The molecule has 4 rings (SSSR count). The molecule has 26 heavy (non-hydrogen) atoms. The average Bonchev–Trinajstić information content (AvgIpc) is 2.93. The first-order valence-electron chi connectivity index (χ1n) is 8.85. The molecule has 0 saturated carbocycles. The summed E-state index contributed by atoms with van der Waals surface area (Å²) in [6.45, 7) is 5.42. The van der Waals surface area contributed by atoms with Crippen LogP contribution in [0, 0.1) is 6.92 Å². The van der Waals surface area contributed by atoms with Crippen LogP contribution in [0.1, 0.15) is 28.5 Å². The van der Waals surface area contributed by atoms with Gasteiger partial charge >= 0.3 is 0 Å². The van der Waals surface area contributed by atoms with Gasteiger partial charge < -0.3 is 9.80 Å². The van der Waals surface area contributed by atoms with Crippen LogP contribution in [0.3, 0.4) is 0 Å². The molecule has 0 radical (unpaired) electrons. The maximum absolute atomic E-state index is 13.5. The standard InChI is InChI=1S/C20H23N5O/c1-13-9-16(17-10-21-24(4)19(17)22-13)20(26)25-12-15-7-5-6-8-18(15)23(3)11-14(25)2/h5-10,14H,11-12H2,1-4H3. The van der Waals surface area contributed by atoms with Crippen molar-refractivity contribution >= 4 is 22.6 Å². The number of pyridine rings is 1. The molecule has 2 aromatic heterocycles. The maximum Gasteiger partial charge on any atom is 0.255 e. The number of para-hydroxylation sites is 1. The van der Waals surface area contributed by atoms with Gasteiger partial charge in [0.1, 0.15) is 0 Å². The summed E-state index contributed by atoms with van der Waals surface area (Å²) < 4.78 is 1.72. The van der Waals surface area contributed by atoms with Gasteiger partial charge in [-0.3, -0.25) is 9.48 Å². The highest BCUT2D eigenvalue weighted by Crippen LogP contribution is 2.28. The van der Waals surface area contributed by atoms with E-state index < -0.39 is 0 Å². The van der Waals surface area contributed by atoms with Crippen molar-refractivity contribution in [1.82, 2.24) is 19.7 Å². The van der Waals surface area contributed by atoms with Crippen LogP contribution in [0.25, 0.3) is 11.0 Å². The number of fused-ring (bicyclic) bond motifs is 2. The molecule has 1 aliphatic rings. The van der Waals surface area contributed by atoms with Gasteiger partial charge in [-0.25, -0.2) is 4.98 Å². The lowest BCUT2D eigenvalue weighted by molar-refractivity contribution is 0.0689. The summed E-state index contributed by atoms with van der Waals surface area (Å²) in [6.07, 6.45) is 1.73. The lowest BCUT2D eigenvalue weighted by atomic mass is 10.1. The SMILES string of the molecule is Cc1cc(C(=O)N2Cc3ccccc3N(C)CC2C)c2cnn(C)c2n1. The minimum absolute atomic E-state index is 0.0334. The number of amides is 1. The molecule has 1 aliphatic heterocycles. The summed E-state index contributed by atoms with van der Waals surface area (Å²) in [5.41, 5.74) is 4.60. The van der Waals surface area contributed by atoms with Gasteiger partial charge in [-0.1, -0.05) is 18.2 Å². The summed E-state index contributed by atoms with van der Waals surface area (Å²) in [6, 6.07) is 10.3. The number of rotatable bonds is 1. The Morgan fingerprint density at radius 3 is 2.81 bits per heavy atom. The zero-order valence-corrected chi connectivity index (χ0v) is 15.6. The Hall–Kier alpha value is -2.89. The fourth-order valence-corrected chi connectivity index (χ4v) is 3.79. The first-order valence-corrected chi connectivity index (χ1v) is 8.85. The summed E-state index contributed by atoms with van der Waals surface area (Å²) in [5.74, 6) is 0.0334. The minimum Gasteiger partial charge on any atom is -0.372 e. The molecule has 0 bridgehead atoms. The molecule has 1 amide bonds. The highest BCUT2D eigenvalue weighted by Gasteiger charge is 2.29. The van der Waals surface area contributed by atoms with Gasteiger partial charge in [0.05, 0.1) is 17.1 Å². The highest BCUT2D eigenvalue weighted by atomic mass is 16.2. The number of carbonyl (C=O) groups excluding carboxylic acids is 1. The number of hydrogen-bond donors (Lipinski definition) is 0. The van der Waals surface area contributed by atoms with Crippen LogP contribution < -0.4 is 4.90 Å². The number of hydrogen-bond acceptors (Lipinski definition) is 4. The van der Waals surface area contributed by atoms with Crippen LogP contribution >= 0.6 is 0 Å². The Morgan fingerprint density at radius 1 is 1.23 bits per heavy atom. The van der Waals surface area contributed by atoms with Gasteiger partial charge in [0.15, 0.2) is 5.65 Å². The van der Waals surface area contributed by atoms with E-state index in [1.54, 1.807) is 10.9 Å². The van der Waals surface area contributed by atoms with Crippen molar-refractivity contribution in [2.24, 2.45) is 7.05 Å². The van der Waals surface area contributed by atoms with Crippen molar-refractivity contribution in [2.75, 3.05) is 18.5 Å². The summed E-state index contributed by atoms with van der Waals surface area (Å²) in [5, 5.41) is 5.09. The Balaban J connectivity index is 1.79. The number of aromatic nitrogens is 3. The van der Waals surface area contributed by atoms with E-state index in [0.29, 0.717) is 12.1 Å². The van der Waals surface area contributed by atoms with E-state index in [2.05, 4.69) is 41.1 Å². The van der Waals surface area contributed by atoms with E-state index in [1.807, 2.05) is 37.1 Å². The van der Waals surface area contributed by atoms with Crippen LogP contribution in [-0.4, -0.2) is 45.2 Å². The van der Waals surface area contributed by atoms with Crippen molar-refractivity contribution in [2.45, 2.75) is 26.4 Å². The number of nitrogens with zero attached hydrogens (tertiary/aromatic N) is 5. The third-order valence-electron chi connectivity index (χ3n) is 5.14. The second kappa shape index (κ2) is 6.12. The van der Waals surface area contributed by atoms with Gasteiger partial charge in [-0.15, -0.1) is 0 Å². The lowest BCUT2D eigenvalue weighted by Gasteiger charge is -2.29. The molecule has 6 heteroatoms. The van der Waals surface area contributed by atoms with Crippen molar-refractivity contribution in [3.05, 3.63) is 53.3 Å². The predicted octanol–water partition coefficient (Wildman–Crippen LogP) is 2.76. The number of benzene rings is 1. The Bertz CT molecular complexity index is 993. The molecule has 3 heterocycles. The van der Waals surface area contributed by atoms with Crippen LogP contribution in [0.2, 0.25) is 0 Å². The van der Waals surface area contributed by atoms with Crippen LogP contribution in [0.4, 0.5) is 5.69 Å². The first kappa shape index (κ1) is 16.6. The summed E-state index contributed by atoms with van der Waals surface area (Å²) in [4.78, 5) is 22.2. The Kier molecular flexibility index (Phi) is 3.90. The molecule has 6 nitrogen and oxygen atoms in total. The highest BCUT2D eigenvalue weighted by molar-refractivity contribution is 6.05. The van der Waals surface area contributed by atoms with Crippen molar-refractivity contribution in [3.63, 3.8) is 0 Å². The lowest BCUT2D eigenvalue weighted by Crippen LogP contribution is -2.42. The molecule has 134 valence electrons. The second-order valence-electron chi connectivity index (χ2n) is 7.11. The number of aryl methyl sites for hydroxylation is 2. The molecule has 0 fully saturated rings. The summed E-state index contributed by atoms with van der Waals surface area (Å²) in [7, 11) is 3.93. The first-order chi connectivity index (χ1) is 12.5. The smallest absolute Gasteiger partial charge is 0.255 e. The zero-order chi connectivity index (χ0) is 18.4. The van der Waals surface area contributed by atoms with E-state index >= 15 is 0 Å². The second-order valence-corrected chi connectivity index (χ2v) is 7.11. The molecule has 0 N–H and O–H groups in total. The molecule has 0 spiro atoms. The normalized spacial score (nSPS) is 17.3. The molecule has 1 atom stereocenters. The topological polar surface area (TPSA) is 54.3 Å². The number of carbonyl (C=O) groups is 1. The van der Waals surface area contributed by atoms with Crippen molar-refractivity contribution in [3.8, 4) is 0 Å². The quantitative estimate of drug-likeness (QED) is 0.678. The number of anilines is 1. The van der Waals surface area contributed by atoms with E-state index in [0.717, 1.165) is 23.3 Å². The molecule has 1 aromatic carbocycles. The van der Waals surface area contributed by atoms with Gasteiger partial charge in [0.2, 0.25) is 0 Å². The predicted molar refractivity (Wildman–Crippen MR) is 102 cm³/mol. The van der Waals surface area contributed by atoms with Gasteiger partial charge in [0.25, 0.3) is 5.91 Å². The van der Waals surface area contributed by atoms with Crippen molar-refractivity contribution < 1.29 is 4.79 Å². The molecule has 0 saturated heterocycles. The minimum atomic E-state index is 0.0334. The van der Waals surface area contributed by atoms with Gasteiger partial charge in [0, 0.05) is 44.6 Å². The monoisotopic (exact) mass is 349 g/mol. The Labute approximate surface area is 153 Å². The number of likely N-dealkylation sites (N-methyl/N-ethyl adjacent to an activating group) is 1. The van der Waals surface area contributed by atoms with Crippen LogP contribution in [0.5, 0.6) is 0 Å². The molecule has 3 aromatic rings. The van der Waals surface area contributed by atoms with Crippen LogP contribution in [0.15, 0.2) is 36.5 Å². The maximum atomic E-state index is 13.5. The van der Waals surface area contributed by atoms with Crippen molar-refractivity contribution in [1.29, 1.82) is 0 Å². The molecule has 0 aliphatic carbocycles. The van der Waals surface area contributed by atoms with Crippen LogP contribution in [-0.2, 0) is 13.6 Å². The molecule has 1 unspecified atom stereocenters. The van der Waals surface area contributed by atoms with E-state index in [1.165, 1.54) is 11.3 Å². The van der Waals surface area contributed by atoms with E-state index in [4.69, 9.17) is 0 Å². The third kappa shape index (κ3) is 2.62.